The first kappa shape index (κ1) is 66.3. The number of carbonyl (C=O) groups excluding carboxylic acids is 7. The molecule has 2 fully saturated rings. The second kappa shape index (κ2) is 30.3. The number of likely N-dealkylation sites (N-methyl/N-ethyl adjacent to an activating group) is 1. The molecule has 0 saturated carbocycles. The van der Waals surface area contributed by atoms with Crippen LogP contribution in [0.3, 0.4) is 0 Å². The summed E-state index contributed by atoms with van der Waals surface area (Å²) < 4.78 is 23.9. The topological polar surface area (TPSA) is 233 Å². The number of methoxy groups -OCH3 is 2. The highest BCUT2D eigenvalue weighted by Gasteiger charge is 2.40. The van der Waals surface area contributed by atoms with Crippen molar-refractivity contribution in [2.75, 3.05) is 77.4 Å². The summed E-state index contributed by atoms with van der Waals surface area (Å²) in [4.78, 5) is 113. The third-order valence-electron chi connectivity index (χ3n) is 18.1. The highest BCUT2D eigenvalue weighted by atomic mass is 16.5. The first-order chi connectivity index (χ1) is 46.0. The molecule has 494 valence electrons. The van der Waals surface area contributed by atoms with Crippen LogP contribution in [0, 0.1) is 5.92 Å². The minimum Gasteiger partial charge on any atom is -0.493 e. The van der Waals surface area contributed by atoms with E-state index in [2.05, 4.69) is 57.1 Å². The number of nitrogens with one attached hydrogen (secondary N) is 3. The van der Waals surface area contributed by atoms with Crippen LogP contribution in [-0.2, 0) is 24.0 Å². The number of likely N-dealkylation sites (tertiary alicyclic amines) is 1. The number of carbonyl (C=O) groups is 7. The number of benzene rings is 4. The quantitative estimate of drug-likeness (QED) is 0.0386. The molecule has 0 radical (unpaired) electrons. The Morgan fingerprint density at radius 2 is 1.13 bits per heavy atom. The number of piperazine rings is 1. The summed E-state index contributed by atoms with van der Waals surface area (Å²) in [7, 11) is 5.20. The first-order valence-electron chi connectivity index (χ1n) is 32.7. The second-order valence-corrected chi connectivity index (χ2v) is 25.0. The number of imide groups is 1. The van der Waals surface area contributed by atoms with E-state index in [1.807, 2.05) is 99.2 Å². The molecule has 6 aliphatic heterocycles. The highest BCUT2D eigenvalue weighted by Crippen LogP contribution is 2.42. The number of hydrogen-bond acceptors (Lipinski definition) is 15. The van der Waals surface area contributed by atoms with Gasteiger partial charge in [-0.25, -0.2) is 0 Å². The fourth-order valence-electron chi connectivity index (χ4n) is 12.5. The van der Waals surface area contributed by atoms with Crippen LogP contribution in [0.2, 0.25) is 0 Å². The number of fused-ring (bicyclic) bond motifs is 4. The summed E-state index contributed by atoms with van der Waals surface area (Å²) in [5.74, 6) is -1.30. The van der Waals surface area contributed by atoms with E-state index in [0.29, 0.717) is 89.7 Å². The van der Waals surface area contributed by atoms with Gasteiger partial charge < -0.3 is 54.5 Å². The smallest absolute Gasteiger partial charge is 0.260 e. The number of unbranched alkanes of at least 4 members (excludes halogenated alkanes) is 2. The SMILES string of the molecule is COc1cc2c(cc1OCCCOc1cc3c(cc1OC)C(=O)N1C=C(c4ccc(N5CCN(C)CC5)cc4)C[C@H]1C=N3)N=C[C@@H]1CC(c3ccc(NC(=O)[C@H](C)NC(=O)[C@@H](NC(=O)CCCCCN4C(=O)CC(c5ccccccccc5)C4=O)C(C)C)cc3)=CN1C2=O. The summed E-state index contributed by atoms with van der Waals surface area (Å²) in [6.07, 6.45) is 10.8. The molecule has 5 atom stereocenters. The van der Waals surface area contributed by atoms with Gasteiger partial charge in [0, 0.05) is 113 Å². The van der Waals surface area contributed by atoms with Crippen molar-refractivity contribution in [1.29, 1.82) is 0 Å². The van der Waals surface area contributed by atoms with Gasteiger partial charge >= 0.3 is 0 Å². The Morgan fingerprint density at radius 1 is 0.589 bits per heavy atom. The summed E-state index contributed by atoms with van der Waals surface area (Å²) in [6.45, 7) is 10.0. The van der Waals surface area contributed by atoms with Gasteiger partial charge in [-0.1, -0.05) is 99.1 Å². The Labute approximate surface area is 554 Å². The van der Waals surface area contributed by atoms with Crippen LogP contribution >= 0.6 is 0 Å². The Bertz CT molecular complexity index is 3890. The van der Waals surface area contributed by atoms with Crippen LogP contribution in [-0.4, -0.2) is 165 Å². The number of anilines is 2. The van der Waals surface area contributed by atoms with Crippen molar-refractivity contribution in [3.8, 4) is 23.0 Å². The average Bonchev–Trinajstić information content (AvgIpc) is 1.69. The first-order valence-corrected chi connectivity index (χ1v) is 32.7. The van der Waals surface area contributed by atoms with E-state index < -0.39 is 29.8 Å². The molecule has 21 heteroatoms. The minimum absolute atomic E-state index is 0.115. The van der Waals surface area contributed by atoms with E-state index in [1.54, 1.807) is 59.3 Å². The molecular formula is C74H82N10O11. The van der Waals surface area contributed by atoms with Crippen LogP contribution in [0.4, 0.5) is 22.7 Å². The lowest BCUT2D eigenvalue weighted by molar-refractivity contribution is -0.139. The van der Waals surface area contributed by atoms with Gasteiger partial charge in [-0.2, -0.15) is 0 Å². The van der Waals surface area contributed by atoms with Gasteiger partial charge in [0.25, 0.3) is 11.8 Å². The largest absolute Gasteiger partial charge is 0.493 e. The van der Waals surface area contributed by atoms with Crippen molar-refractivity contribution in [3.63, 3.8) is 0 Å². The normalized spacial score (nSPS) is 18.7. The van der Waals surface area contributed by atoms with Crippen LogP contribution in [0.1, 0.15) is 115 Å². The lowest BCUT2D eigenvalue weighted by Crippen LogP contribution is -2.53. The van der Waals surface area contributed by atoms with Crippen LogP contribution in [0.15, 0.2) is 150 Å². The van der Waals surface area contributed by atoms with E-state index in [4.69, 9.17) is 28.9 Å². The third kappa shape index (κ3) is 15.6. The number of aliphatic imine (C=N–C) groups is 2. The standard InChI is InChI=1S/C74H82N10O11/c1-47(2)69(79-67(85)20-15-12-16-29-82-68(86)40-58(72(82)89)51-18-13-10-8-7-9-11-14-19-51)71(88)77-48(3)70(87)78-54-25-21-49(22-26-54)52-36-56-43-75-61-41-65(63(92-5)38-59(61)73(90)83(56)45-52)94-34-17-35-95-66-42-62-60(39-64(66)93-6)74(91)84-46-53(37-57(84)44-76-62)50-23-27-55(28-24-50)81-32-30-80(4)31-33-81/h7-11,13-14,18-19,21-28,38-39,41-48,56-58,69H,12,15-17,20,29-37,40H2,1-6H3,(H,77,88)(H,78,87)(H,79,85)/t48-,56-,57-,58?,69-/m0/s1. The van der Waals surface area contributed by atoms with Gasteiger partial charge in [0.2, 0.25) is 29.5 Å². The Morgan fingerprint density at radius 3 is 1.66 bits per heavy atom. The van der Waals surface area contributed by atoms with Crippen molar-refractivity contribution in [2.24, 2.45) is 15.9 Å². The van der Waals surface area contributed by atoms with Crippen molar-refractivity contribution in [2.45, 2.75) is 102 Å². The Kier molecular flexibility index (Phi) is 21.1. The Hall–Kier alpha value is -10.2. The van der Waals surface area contributed by atoms with Gasteiger partial charge in [0.1, 0.15) is 12.1 Å². The number of amides is 7. The van der Waals surface area contributed by atoms with E-state index in [-0.39, 0.29) is 80.1 Å². The number of rotatable bonds is 24. The molecule has 1 unspecified atom stereocenters. The number of ether oxygens (including phenoxy) is 4. The van der Waals surface area contributed by atoms with Gasteiger partial charge in [-0.3, -0.25) is 48.4 Å². The number of nitrogens with zero attached hydrogens (tertiary/aromatic N) is 7. The van der Waals surface area contributed by atoms with E-state index in [0.717, 1.165) is 54.0 Å². The summed E-state index contributed by atoms with van der Waals surface area (Å²) in [5.41, 5.74) is 8.08. The summed E-state index contributed by atoms with van der Waals surface area (Å²) >= 11 is 0. The van der Waals surface area contributed by atoms with Crippen LogP contribution < -0.4 is 39.8 Å². The summed E-state index contributed by atoms with van der Waals surface area (Å²) in [5, 5.41) is 8.44. The molecule has 0 aliphatic carbocycles. The molecule has 21 nitrogen and oxygen atoms in total. The van der Waals surface area contributed by atoms with E-state index >= 15 is 0 Å². The molecule has 6 aliphatic rings. The zero-order chi connectivity index (χ0) is 66.7. The Balaban J connectivity index is 0.617. The van der Waals surface area contributed by atoms with Crippen molar-refractivity contribution in [3.05, 3.63) is 168 Å². The molecule has 11 rings (SSSR count). The maximum Gasteiger partial charge on any atom is 0.260 e. The molecule has 5 aromatic carbocycles. The highest BCUT2D eigenvalue weighted by molar-refractivity contribution is 6.08. The third-order valence-corrected chi connectivity index (χ3v) is 18.1. The van der Waals surface area contributed by atoms with Gasteiger partial charge in [0.15, 0.2) is 23.0 Å². The van der Waals surface area contributed by atoms with Crippen molar-refractivity contribution < 1.29 is 52.5 Å². The average molecular weight is 1290 g/mol. The fourth-order valence-corrected chi connectivity index (χ4v) is 12.5. The monoisotopic (exact) mass is 1290 g/mol. The zero-order valence-corrected chi connectivity index (χ0v) is 54.6. The fraction of sp³-hybridized carbons (Fsp3) is 0.365. The molecule has 95 heavy (non-hydrogen) atoms. The van der Waals surface area contributed by atoms with Crippen LogP contribution in [0.25, 0.3) is 11.1 Å². The zero-order valence-electron chi connectivity index (χ0n) is 54.6. The predicted molar refractivity (Wildman–Crippen MR) is 365 cm³/mol. The maximum atomic E-state index is 14.2. The molecule has 0 spiro atoms. The summed E-state index contributed by atoms with van der Waals surface area (Å²) in [6, 6.07) is 37.0. The van der Waals surface area contributed by atoms with Crippen LogP contribution in [0.5, 0.6) is 23.0 Å². The van der Waals surface area contributed by atoms with E-state index in [9.17, 15) is 33.6 Å². The minimum atomic E-state index is -0.940. The molecule has 7 amide bonds. The second-order valence-electron chi connectivity index (χ2n) is 25.0. The molecule has 3 N–H and O–H groups in total. The molecule has 5 aromatic rings. The molecule has 0 aromatic heterocycles. The lowest BCUT2D eigenvalue weighted by atomic mass is 9.99. The predicted octanol–water partition coefficient (Wildman–Crippen LogP) is 10.1. The maximum absolute atomic E-state index is 14.2. The van der Waals surface area contributed by atoms with Crippen molar-refractivity contribution in [1.82, 2.24) is 30.2 Å². The number of hydrogen-bond donors (Lipinski definition) is 3. The molecule has 0 bridgehead atoms. The molecule has 6 heterocycles. The van der Waals surface area contributed by atoms with E-state index in [1.165, 1.54) is 24.8 Å². The van der Waals surface area contributed by atoms with Gasteiger partial charge in [-0.15, -0.1) is 0 Å². The van der Waals surface area contributed by atoms with Crippen molar-refractivity contribution >= 4 is 87.7 Å². The lowest BCUT2D eigenvalue weighted by Gasteiger charge is -2.34. The van der Waals surface area contributed by atoms with Gasteiger partial charge in [0.05, 0.1) is 67.9 Å². The molecular weight excluding hydrogens is 1200 g/mol. The molecule has 2 saturated heterocycles. The van der Waals surface area contributed by atoms with Gasteiger partial charge in [-0.05, 0) is 97.0 Å².